The Morgan fingerprint density at radius 3 is 2.74 bits per heavy atom. The average molecular weight is 266 g/mol. The van der Waals surface area contributed by atoms with Gasteiger partial charge in [0.25, 0.3) is 0 Å². The normalized spacial score (nSPS) is 10.1. The highest BCUT2D eigenvalue weighted by Gasteiger charge is 2.08. The quantitative estimate of drug-likeness (QED) is 0.465. The minimum absolute atomic E-state index is 0.120. The van der Waals surface area contributed by atoms with Crippen LogP contribution in [0.25, 0.3) is 0 Å². The molecule has 0 atom stereocenters. The summed E-state index contributed by atoms with van der Waals surface area (Å²) in [5.74, 6) is 0.127. The molecule has 0 heterocycles. The number of ether oxygens (including phenoxy) is 2. The van der Waals surface area contributed by atoms with Crippen molar-refractivity contribution < 1.29 is 14.3 Å². The number of nitrogens with two attached hydrogens (primary N) is 1. The van der Waals surface area contributed by atoms with E-state index in [4.69, 9.17) is 15.2 Å². The third-order valence-corrected chi connectivity index (χ3v) is 2.62. The van der Waals surface area contributed by atoms with Gasteiger partial charge in [0, 0.05) is 25.8 Å². The Kier molecular flexibility index (Phi) is 5.99. The second kappa shape index (κ2) is 7.51. The fraction of sp³-hybridized carbons (Fsp3) is 0.500. The summed E-state index contributed by atoms with van der Waals surface area (Å²) in [4.78, 5) is 13.4. The molecular formula is C14H22N2O3. The van der Waals surface area contributed by atoms with Crippen molar-refractivity contribution in [3.63, 3.8) is 0 Å². The zero-order chi connectivity index (χ0) is 14.3. The molecule has 0 saturated carbocycles. The molecule has 1 aromatic rings. The topological polar surface area (TPSA) is 64.8 Å². The molecular weight excluding hydrogens is 244 g/mol. The van der Waals surface area contributed by atoms with Gasteiger partial charge in [0.1, 0.15) is 5.75 Å². The van der Waals surface area contributed by atoms with Crippen LogP contribution in [0.1, 0.15) is 19.8 Å². The van der Waals surface area contributed by atoms with Crippen LogP contribution in [0.15, 0.2) is 18.2 Å². The van der Waals surface area contributed by atoms with Crippen molar-refractivity contribution in [3.8, 4) is 5.75 Å². The average Bonchev–Trinajstić information content (AvgIpc) is 2.37. The van der Waals surface area contributed by atoms with Crippen molar-refractivity contribution in [2.24, 2.45) is 0 Å². The van der Waals surface area contributed by atoms with E-state index in [9.17, 15) is 4.79 Å². The first-order valence-electron chi connectivity index (χ1n) is 6.40. The Balaban J connectivity index is 2.52. The molecule has 0 aliphatic rings. The number of anilines is 2. The van der Waals surface area contributed by atoms with Gasteiger partial charge in [-0.2, -0.15) is 0 Å². The largest absolute Gasteiger partial charge is 0.480 e. The van der Waals surface area contributed by atoms with E-state index in [1.54, 1.807) is 12.1 Å². The van der Waals surface area contributed by atoms with Crippen molar-refractivity contribution in [2.75, 3.05) is 37.9 Å². The monoisotopic (exact) mass is 266 g/mol. The predicted molar refractivity (Wildman–Crippen MR) is 76.5 cm³/mol. The van der Waals surface area contributed by atoms with E-state index >= 15 is 0 Å². The van der Waals surface area contributed by atoms with Crippen molar-refractivity contribution in [2.45, 2.75) is 19.8 Å². The summed E-state index contributed by atoms with van der Waals surface area (Å²) in [5, 5.41) is 0. The van der Waals surface area contributed by atoms with E-state index < -0.39 is 0 Å². The van der Waals surface area contributed by atoms with Gasteiger partial charge in [0.15, 0.2) is 6.61 Å². The van der Waals surface area contributed by atoms with Crippen LogP contribution in [-0.2, 0) is 9.53 Å². The number of carbonyl (C=O) groups excluding carboxylic acids is 1. The zero-order valence-electron chi connectivity index (χ0n) is 11.8. The van der Waals surface area contributed by atoms with Crippen LogP contribution >= 0.6 is 0 Å². The van der Waals surface area contributed by atoms with Crippen molar-refractivity contribution in [1.82, 2.24) is 0 Å². The van der Waals surface area contributed by atoms with Crippen LogP contribution in [0.3, 0.4) is 0 Å². The summed E-state index contributed by atoms with van der Waals surface area (Å²) in [6, 6.07) is 5.45. The molecule has 1 rings (SSSR count). The van der Waals surface area contributed by atoms with Gasteiger partial charge in [0.2, 0.25) is 0 Å². The third-order valence-electron chi connectivity index (χ3n) is 2.62. The van der Waals surface area contributed by atoms with Crippen molar-refractivity contribution in [1.29, 1.82) is 0 Å². The summed E-state index contributed by atoms with van der Waals surface area (Å²) in [6.45, 7) is 2.36. The molecule has 0 unspecified atom stereocenters. The molecule has 0 spiro atoms. The second-order valence-corrected chi connectivity index (χ2v) is 4.48. The summed E-state index contributed by atoms with van der Waals surface area (Å²) in [7, 11) is 3.85. The maximum Gasteiger partial charge on any atom is 0.344 e. The Hall–Kier alpha value is -1.91. The van der Waals surface area contributed by atoms with Gasteiger partial charge in [-0.15, -0.1) is 0 Å². The van der Waals surface area contributed by atoms with Gasteiger partial charge in [-0.05, 0) is 18.6 Å². The summed E-state index contributed by atoms with van der Waals surface area (Å²) >= 11 is 0. The van der Waals surface area contributed by atoms with Gasteiger partial charge in [-0.3, -0.25) is 0 Å². The number of hydrogen-bond donors (Lipinski definition) is 1. The molecule has 5 nitrogen and oxygen atoms in total. The number of unbranched alkanes of at least 4 members (excludes halogenated alkanes) is 1. The number of hydrogen-bond acceptors (Lipinski definition) is 5. The molecule has 0 aliphatic carbocycles. The lowest BCUT2D eigenvalue weighted by Gasteiger charge is -2.15. The number of nitrogens with zero attached hydrogens (tertiary/aromatic N) is 1. The molecule has 0 aromatic heterocycles. The van der Waals surface area contributed by atoms with Crippen LogP contribution in [0, 0.1) is 0 Å². The van der Waals surface area contributed by atoms with E-state index in [2.05, 4.69) is 0 Å². The first kappa shape index (κ1) is 15.1. The van der Waals surface area contributed by atoms with E-state index in [-0.39, 0.29) is 12.6 Å². The van der Waals surface area contributed by atoms with E-state index in [0.29, 0.717) is 18.0 Å². The molecule has 5 heteroatoms. The molecule has 0 fully saturated rings. The number of benzene rings is 1. The SMILES string of the molecule is CCCCOC(=O)COc1cc(N(C)C)ccc1N. The highest BCUT2D eigenvalue weighted by atomic mass is 16.6. The van der Waals surface area contributed by atoms with Crippen molar-refractivity contribution in [3.05, 3.63) is 18.2 Å². The maximum absolute atomic E-state index is 11.4. The predicted octanol–water partition coefficient (Wildman–Crippen LogP) is 2.06. The van der Waals surface area contributed by atoms with Crippen LogP contribution in [0.2, 0.25) is 0 Å². The highest BCUT2D eigenvalue weighted by Crippen LogP contribution is 2.26. The molecule has 19 heavy (non-hydrogen) atoms. The molecule has 0 aliphatic heterocycles. The number of rotatable bonds is 7. The lowest BCUT2D eigenvalue weighted by Crippen LogP contribution is -2.16. The highest BCUT2D eigenvalue weighted by molar-refractivity contribution is 5.72. The van der Waals surface area contributed by atoms with Gasteiger partial charge < -0.3 is 20.1 Å². The van der Waals surface area contributed by atoms with E-state index in [1.807, 2.05) is 32.0 Å². The smallest absolute Gasteiger partial charge is 0.344 e. The van der Waals surface area contributed by atoms with E-state index in [1.165, 1.54) is 0 Å². The Labute approximate surface area is 114 Å². The van der Waals surface area contributed by atoms with Crippen molar-refractivity contribution >= 4 is 17.3 Å². The Morgan fingerprint density at radius 2 is 2.11 bits per heavy atom. The van der Waals surface area contributed by atoms with Gasteiger partial charge in [-0.1, -0.05) is 13.3 Å². The molecule has 106 valence electrons. The Bertz CT molecular complexity index is 419. The second-order valence-electron chi connectivity index (χ2n) is 4.48. The minimum Gasteiger partial charge on any atom is -0.480 e. The van der Waals surface area contributed by atoms with Gasteiger partial charge in [0.05, 0.1) is 12.3 Å². The summed E-state index contributed by atoms with van der Waals surface area (Å²) in [5.41, 5.74) is 7.27. The third kappa shape index (κ3) is 5.07. The molecule has 0 saturated heterocycles. The number of esters is 1. The molecule has 0 radical (unpaired) electrons. The number of nitrogen functional groups attached to an aromatic ring is 1. The zero-order valence-corrected chi connectivity index (χ0v) is 11.8. The summed E-state index contributed by atoms with van der Waals surface area (Å²) < 4.78 is 10.4. The van der Waals surface area contributed by atoms with Gasteiger partial charge in [-0.25, -0.2) is 4.79 Å². The molecule has 0 bridgehead atoms. The standard InChI is InChI=1S/C14H22N2O3/c1-4-5-8-18-14(17)10-19-13-9-11(16(2)3)6-7-12(13)15/h6-7,9H,4-5,8,10,15H2,1-3H3. The number of carbonyl (C=O) groups is 1. The fourth-order valence-corrected chi connectivity index (χ4v) is 1.43. The lowest BCUT2D eigenvalue weighted by molar-refractivity contribution is -0.146. The first-order chi connectivity index (χ1) is 9.04. The van der Waals surface area contributed by atoms with Gasteiger partial charge >= 0.3 is 5.97 Å². The molecule has 1 aromatic carbocycles. The molecule has 0 amide bonds. The van der Waals surface area contributed by atoms with Crippen LogP contribution in [0.4, 0.5) is 11.4 Å². The first-order valence-corrected chi connectivity index (χ1v) is 6.40. The maximum atomic E-state index is 11.4. The molecule has 2 N–H and O–H groups in total. The lowest BCUT2D eigenvalue weighted by atomic mass is 10.2. The van der Waals surface area contributed by atoms with Crippen LogP contribution in [-0.4, -0.2) is 33.3 Å². The minimum atomic E-state index is -0.372. The Morgan fingerprint density at radius 1 is 1.37 bits per heavy atom. The van der Waals surface area contributed by atoms with E-state index in [0.717, 1.165) is 18.5 Å². The summed E-state index contributed by atoms with van der Waals surface area (Å²) in [6.07, 6.45) is 1.86. The fourth-order valence-electron chi connectivity index (χ4n) is 1.43. The van der Waals surface area contributed by atoms with Crippen LogP contribution < -0.4 is 15.4 Å². The van der Waals surface area contributed by atoms with Crippen LogP contribution in [0.5, 0.6) is 5.75 Å².